The Hall–Kier alpha value is -0.390. The molecular weight excluding hydrogens is 224 g/mol. The quantitative estimate of drug-likeness (QED) is 0.714. The molecule has 1 aliphatic carbocycles. The van der Waals surface area contributed by atoms with Gasteiger partial charge in [0.25, 0.3) is 0 Å². The molecule has 0 spiro atoms. The molecule has 0 amide bonds. The highest BCUT2D eigenvalue weighted by molar-refractivity contribution is 7.89. The molecule has 0 radical (unpaired) electrons. The number of hydrogen-bond acceptors (Lipinski definition) is 3. The number of nitrogens with zero attached hydrogens (tertiary/aromatic N) is 1. The zero-order valence-electron chi connectivity index (χ0n) is 9.98. The molecular formula is C11H22N2O2S. The van der Waals surface area contributed by atoms with Crippen LogP contribution in [0.3, 0.4) is 0 Å². The van der Waals surface area contributed by atoms with Crippen LogP contribution < -0.4 is 5.73 Å². The summed E-state index contributed by atoms with van der Waals surface area (Å²) >= 11 is 0. The number of sulfonamides is 1. The molecule has 0 saturated heterocycles. The SMILES string of the molecule is CN(CCC1=CCCCC1)S(=O)(=O)CCN. The average Bonchev–Trinajstić information content (AvgIpc) is 2.27. The first-order valence-electron chi connectivity index (χ1n) is 5.88. The second-order valence-electron chi connectivity index (χ2n) is 4.28. The first-order chi connectivity index (χ1) is 7.56. The Bertz CT molecular complexity index is 336. The highest BCUT2D eigenvalue weighted by Gasteiger charge is 2.16. The normalized spacial score (nSPS) is 17.6. The van der Waals surface area contributed by atoms with Gasteiger partial charge in [-0.3, -0.25) is 0 Å². The van der Waals surface area contributed by atoms with E-state index in [2.05, 4.69) is 6.08 Å². The highest BCUT2D eigenvalue weighted by Crippen LogP contribution is 2.20. The lowest BCUT2D eigenvalue weighted by Crippen LogP contribution is -2.33. The molecule has 0 aromatic rings. The van der Waals surface area contributed by atoms with Crippen LogP contribution in [0.2, 0.25) is 0 Å². The fraction of sp³-hybridized carbons (Fsp3) is 0.818. The van der Waals surface area contributed by atoms with Crippen LogP contribution in [0.5, 0.6) is 0 Å². The molecule has 16 heavy (non-hydrogen) atoms. The van der Waals surface area contributed by atoms with Crippen LogP contribution >= 0.6 is 0 Å². The zero-order chi connectivity index (χ0) is 12.0. The Kier molecular flexibility index (Phi) is 5.44. The molecule has 0 aliphatic heterocycles. The third kappa shape index (κ3) is 4.23. The predicted molar refractivity (Wildman–Crippen MR) is 66.6 cm³/mol. The van der Waals surface area contributed by atoms with E-state index in [0.29, 0.717) is 6.54 Å². The van der Waals surface area contributed by atoms with Gasteiger partial charge in [-0.25, -0.2) is 12.7 Å². The van der Waals surface area contributed by atoms with Gasteiger partial charge in [-0.15, -0.1) is 0 Å². The molecule has 0 atom stereocenters. The topological polar surface area (TPSA) is 63.4 Å². The van der Waals surface area contributed by atoms with Gasteiger partial charge < -0.3 is 5.73 Å². The summed E-state index contributed by atoms with van der Waals surface area (Å²) in [6.07, 6.45) is 7.91. The van der Waals surface area contributed by atoms with Gasteiger partial charge in [-0.1, -0.05) is 11.6 Å². The Morgan fingerprint density at radius 1 is 1.44 bits per heavy atom. The molecule has 2 N–H and O–H groups in total. The van der Waals surface area contributed by atoms with Gasteiger partial charge in [-0.05, 0) is 32.1 Å². The van der Waals surface area contributed by atoms with Gasteiger partial charge in [0.15, 0.2) is 0 Å². The fourth-order valence-electron chi connectivity index (χ4n) is 1.88. The number of allylic oxidation sites excluding steroid dienone is 1. The van der Waals surface area contributed by atoms with Crippen molar-refractivity contribution in [1.82, 2.24) is 4.31 Å². The van der Waals surface area contributed by atoms with E-state index in [-0.39, 0.29) is 12.3 Å². The molecule has 0 heterocycles. The van der Waals surface area contributed by atoms with Crippen LogP contribution in [-0.2, 0) is 10.0 Å². The molecule has 1 aliphatic rings. The molecule has 1 rings (SSSR count). The van der Waals surface area contributed by atoms with Crippen LogP contribution in [0.1, 0.15) is 32.1 Å². The van der Waals surface area contributed by atoms with Crippen molar-refractivity contribution in [1.29, 1.82) is 0 Å². The van der Waals surface area contributed by atoms with E-state index in [4.69, 9.17) is 5.73 Å². The van der Waals surface area contributed by atoms with Crippen molar-refractivity contribution >= 4 is 10.0 Å². The smallest absolute Gasteiger partial charge is 0.215 e. The average molecular weight is 246 g/mol. The molecule has 0 unspecified atom stereocenters. The highest BCUT2D eigenvalue weighted by atomic mass is 32.2. The first kappa shape index (κ1) is 13.7. The van der Waals surface area contributed by atoms with Crippen LogP contribution in [-0.4, -0.2) is 38.6 Å². The minimum absolute atomic E-state index is 0.0442. The third-order valence-electron chi connectivity index (χ3n) is 2.98. The Labute approximate surface area is 98.6 Å². The van der Waals surface area contributed by atoms with Crippen molar-refractivity contribution in [3.63, 3.8) is 0 Å². The van der Waals surface area contributed by atoms with E-state index < -0.39 is 10.0 Å². The van der Waals surface area contributed by atoms with Crippen LogP contribution in [0.25, 0.3) is 0 Å². The van der Waals surface area contributed by atoms with E-state index in [1.54, 1.807) is 7.05 Å². The third-order valence-corrected chi connectivity index (χ3v) is 4.87. The van der Waals surface area contributed by atoms with Gasteiger partial charge >= 0.3 is 0 Å². The molecule has 0 saturated carbocycles. The van der Waals surface area contributed by atoms with E-state index in [0.717, 1.165) is 19.3 Å². The Balaban J connectivity index is 2.39. The van der Waals surface area contributed by atoms with Gasteiger partial charge in [0.1, 0.15) is 0 Å². The lowest BCUT2D eigenvalue weighted by molar-refractivity contribution is 0.467. The maximum Gasteiger partial charge on any atom is 0.215 e. The summed E-state index contributed by atoms with van der Waals surface area (Å²) in [6.45, 7) is 0.767. The van der Waals surface area contributed by atoms with Gasteiger partial charge in [0.05, 0.1) is 5.75 Å². The van der Waals surface area contributed by atoms with Crippen molar-refractivity contribution in [3.05, 3.63) is 11.6 Å². The van der Waals surface area contributed by atoms with Crippen LogP contribution in [0.15, 0.2) is 11.6 Å². The number of hydrogen-bond donors (Lipinski definition) is 1. The van der Waals surface area contributed by atoms with Crippen molar-refractivity contribution in [2.45, 2.75) is 32.1 Å². The van der Waals surface area contributed by atoms with Crippen LogP contribution in [0, 0.1) is 0 Å². The fourth-order valence-corrected chi connectivity index (χ4v) is 2.86. The molecule has 0 aromatic heterocycles. The predicted octanol–water partition coefficient (Wildman–Crippen LogP) is 1.10. The van der Waals surface area contributed by atoms with E-state index in [1.807, 2.05) is 0 Å². The number of rotatable bonds is 6. The molecule has 5 heteroatoms. The first-order valence-corrected chi connectivity index (χ1v) is 7.49. The standard InChI is InChI=1S/C11H22N2O2S/c1-13(16(14,15)10-8-12)9-7-11-5-3-2-4-6-11/h5H,2-4,6-10,12H2,1H3. The van der Waals surface area contributed by atoms with Crippen LogP contribution in [0.4, 0.5) is 0 Å². The van der Waals surface area contributed by atoms with Gasteiger partial charge in [0, 0.05) is 20.1 Å². The summed E-state index contributed by atoms with van der Waals surface area (Å²) in [5.74, 6) is 0.0442. The Morgan fingerprint density at radius 2 is 2.19 bits per heavy atom. The second-order valence-corrected chi connectivity index (χ2v) is 6.48. The number of nitrogens with two attached hydrogens (primary N) is 1. The monoisotopic (exact) mass is 246 g/mol. The molecule has 4 nitrogen and oxygen atoms in total. The van der Waals surface area contributed by atoms with Crippen molar-refractivity contribution < 1.29 is 8.42 Å². The maximum atomic E-state index is 11.6. The van der Waals surface area contributed by atoms with E-state index in [9.17, 15) is 8.42 Å². The van der Waals surface area contributed by atoms with Crippen molar-refractivity contribution in [2.24, 2.45) is 5.73 Å². The minimum atomic E-state index is -3.13. The van der Waals surface area contributed by atoms with E-state index >= 15 is 0 Å². The summed E-state index contributed by atoms with van der Waals surface area (Å²) in [5.41, 5.74) is 6.68. The largest absolute Gasteiger partial charge is 0.329 e. The summed E-state index contributed by atoms with van der Waals surface area (Å²) < 4.78 is 24.7. The molecule has 0 bridgehead atoms. The van der Waals surface area contributed by atoms with Crippen molar-refractivity contribution in [2.75, 3.05) is 25.9 Å². The lowest BCUT2D eigenvalue weighted by atomic mass is 9.97. The lowest BCUT2D eigenvalue weighted by Gasteiger charge is -2.19. The summed E-state index contributed by atoms with van der Waals surface area (Å²) in [4.78, 5) is 0. The van der Waals surface area contributed by atoms with Crippen molar-refractivity contribution in [3.8, 4) is 0 Å². The summed E-state index contributed by atoms with van der Waals surface area (Å²) in [7, 11) is -1.50. The van der Waals surface area contributed by atoms with Gasteiger partial charge in [-0.2, -0.15) is 0 Å². The van der Waals surface area contributed by atoms with E-state index in [1.165, 1.54) is 22.7 Å². The Morgan fingerprint density at radius 3 is 2.75 bits per heavy atom. The van der Waals surface area contributed by atoms with Gasteiger partial charge in [0.2, 0.25) is 10.0 Å². The maximum absolute atomic E-state index is 11.6. The minimum Gasteiger partial charge on any atom is -0.329 e. The molecule has 0 aromatic carbocycles. The molecule has 0 fully saturated rings. The second kappa shape index (κ2) is 6.37. The summed E-state index contributed by atoms with van der Waals surface area (Å²) in [6, 6.07) is 0. The molecule has 94 valence electrons. The summed E-state index contributed by atoms with van der Waals surface area (Å²) in [5, 5.41) is 0. The zero-order valence-corrected chi connectivity index (χ0v) is 10.8.